The number of likely N-dealkylation sites (tertiary alicyclic amines) is 1. The maximum Gasteiger partial charge on any atom is 0.227 e. The number of carbonyl (C=O) groups excluding carboxylic acids is 2. The van der Waals surface area contributed by atoms with E-state index in [9.17, 15) is 14.0 Å². The quantitative estimate of drug-likeness (QED) is 0.904. The molecule has 2 fully saturated rings. The topological polar surface area (TPSA) is 49.4 Å². The fourth-order valence-corrected chi connectivity index (χ4v) is 4.05. The third-order valence-electron chi connectivity index (χ3n) is 5.55. The zero-order valence-electron chi connectivity index (χ0n) is 14.8. The van der Waals surface area contributed by atoms with Gasteiger partial charge in [0.25, 0.3) is 0 Å². The van der Waals surface area contributed by atoms with Crippen molar-refractivity contribution in [1.29, 1.82) is 0 Å². The zero-order chi connectivity index (χ0) is 17.8. The van der Waals surface area contributed by atoms with Crippen LogP contribution in [0.15, 0.2) is 24.3 Å². The summed E-state index contributed by atoms with van der Waals surface area (Å²) in [4.78, 5) is 27.1. The molecule has 1 heterocycles. The van der Waals surface area contributed by atoms with Crippen LogP contribution in [0.4, 0.5) is 10.1 Å². The van der Waals surface area contributed by atoms with Gasteiger partial charge in [-0.2, -0.15) is 0 Å². The molecule has 1 aromatic carbocycles. The molecule has 2 amide bonds. The summed E-state index contributed by atoms with van der Waals surface area (Å²) >= 11 is 0. The summed E-state index contributed by atoms with van der Waals surface area (Å²) in [6.45, 7) is 3.94. The number of nitrogens with zero attached hydrogens (tertiary/aromatic N) is 1. The Kier molecular flexibility index (Phi) is 5.71. The summed E-state index contributed by atoms with van der Waals surface area (Å²) in [5.41, 5.74) is 0.230. The van der Waals surface area contributed by atoms with Crippen LogP contribution in [0, 0.1) is 23.6 Å². The van der Waals surface area contributed by atoms with Crippen LogP contribution in [-0.4, -0.2) is 29.8 Å². The van der Waals surface area contributed by atoms with E-state index in [2.05, 4.69) is 12.2 Å². The van der Waals surface area contributed by atoms with E-state index in [0.717, 1.165) is 32.4 Å². The monoisotopic (exact) mass is 346 g/mol. The summed E-state index contributed by atoms with van der Waals surface area (Å²) < 4.78 is 13.7. The van der Waals surface area contributed by atoms with Crippen molar-refractivity contribution in [2.75, 3.05) is 18.4 Å². The van der Waals surface area contributed by atoms with Crippen molar-refractivity contribution in [3.63, 3.8) is 0 Å². The standard InChI is InChI=1S/C20H27FN2O2/c1-14-5-4-12-23(13-14)20(25)16-10-8-15(9-11-16)19(24)22-18-7-3-2-6-17(18)21/h2-3,6-7,14-16H,4-5,8-13H2,1H3,(H,22,24). The lowest BCUT2D eigenvalue weighted by molar-refractivity contribution is -0.139. The minimum atomic E-state index is -0.418. The summed E-state index contributed by atoms with van der Waals surface area (Å²) in [5, 5.41) is 2.68. The fourth-order valence-electron chi connectivity index (χ4n) is 4.05. The SMILES string of the molecule is CC1CCCN(C(=O)C2CCC(C(=O)Nc3ccccc3F)CC2)C1. The van der Waals surface area contributed by atoms with Gasteiger partial charge in [-0.1, -0.05) is 19.1 Å². The van der Waals surface area contributed by atoms with E-state index in [0.29, 0.717) is 18.8 Å². The fraction of sp³-hybridized carbons (Fsp3) is 0.600. The molecule has 1 saturated heterocycles. The van der Waals surface area contributed by atoms with Crippen molar-refractivity contribution in [1.82, 2.24) is 4.90 Å². The Labute approximate surface area is 148 Å². The number of anilines is 1. The molecule has 1 aliphatic carbocycles. The highest BCUT2D eigenvalue weighted by Crippen LogP contribution is 2.32. The van der Waals surface area contributed by atoms with E-state index in [4.69, 9.17) is 0 Å². The van der Waals surface area contributed by atoms with Gasteiger partial charge >= 0.3 is 0 Å². The van der Waals surface area contributed by atoms with Gasteiger partial charge in [0.15, 0.2) is 0 Å². The second kappa shape index (κ2) is 7.98. The van der Waals surface area contributed by atoms with Crippen molar-refractivity contribution in [3.05, 3.63) is 30.1 Å². The first-order valence-corrected chi connectivity index (χ1v) is 9.38. The number of benzene rings is 1. The van der Waals surface area contributed by atoms with Crippen LogP contribution in [0.5, 0.6) is 0 Å². The van der Waals surface area contributed by atoms with Crippen LogP contribution < -0.4 is 5.32 Å². The first-order chi connectivity index (χ1) is 12.0. The molecule has 136 valence electrons. The largest absolute Gasteiger partial charge is 0.342 e. The number of para-hydroxylation sites is 1. The Hall–Kier alpha value is -1.91. The van der Waals surface area contributed by atoms with Gasteiger partial charge in [0.2, 0.25) is 11.8 Å². The maximum absolute atomic E-state index is 13.7. The molecule has 2 aliphatic rings. The Bertz CT molecular complexity index is 626. The molecule has 5 heteroatoms. The molecule has 0 aromatic heterocycles. The second-order valence-corrected chi connectivity index (χ2v) is 7.55. The van der Waals surface area contributed by atoms with Crippen LogP contribution >= 0.6 is 0 Å². The maximum atomic E-state index is 13.7. The highest BCUT2D eigenvalue weighted by atomic mass is 19.1. The van der Waals surface area contributed by atoms with Crippen molar-refractivity contribution in [2.24, 2.45) is 17.8 Å². The summed E-state index contributed by atoms with van der Waals surface area (Å²) in [7, 11) is 0. The minimum absolute atomic E-state index is 0.0443. The van der Waals surface area contributed by atoms with Crippen LogP contribution in [0.25, 0.3) is 0 Å². The molecular weight excluding hydrogens is 319 g/mol. The van der Waals surface area contributed by atoms with E-state index in [-0.39, 0.29) is 29.3 Å². The number of rotatable bonds is 3. The van der Waals surface area contributed by atoms with E-state index in [1.54, 1.807) is 18.2 Å². The van der Waals surface area contributed by atoms with Crippen LogP contribution in [0.2, 0.25) is 0 Å². The molecule has 1 unspecified atom stereocenters. The number of carbonyl (C=O) groups is 2. The highest BCUT2D eigenvalue weighted by molar-refractivity contribution is 5.92. The van der Waals surface area contributed by atoms with E-state index in [1.165, 1.54) is 12.5 Å². The zero-order valence-corrected chi connectivity index (χ0v) is 14.8. The summed E-state index contributed by atoms with van der Waals surface area (Å²) in [6.07, 6.45) is 5.18. The first-order valence-electron chi connectivity index (χ1n) is 9.38. The molecule has 1 N–H and O–H groups in total. The van der Waals surface area contributed by atoms with Gasteiger partial charge in [0.1, 0.15) is 5.82 Å². The Morgan fingerprint density at radius 1 is 1.08 bits per heavy atom. The molecular formula is C20H27FN2O2. The number of amides is 2. The third kappa shape index (κ3) is 4.39. The smallest absolute Gasteiger partial charge is 0.227 e. The Balaban J connectivity index is 1.50. The summed E-state index contributed by atoms with van der Waals surface area (Å²) in [5.74, 6) is 0.202. The molecule has 25 heavy (non-hydrogen) atoms. The van der Waals surface area contributed by atoms with E-state index >= 15 is 0 Å². The van der Waals surface area contributed by atoms with Gasteiger partial charge in [-0.3, -0.25) is 9.59 Å². The molecule has 0 bridgehead atoms. The lowest BCUT2D eigenvalue weighted by Gasteiger charge is -2.35. The third-order valence-corrected chi connectivity index (χ3v) is 5.55. The van der Waals surface area contributed by atoms with Crippen LogP contribution in [-0.2, 0) is 9.59 Å². The molecule has 1 aromatic rings. The molecule has 3 rings (SSSR count). The number of hydrogen-bond acceptors (Lipinski definition) is 2. The Morgan fingerprint density at radius 2 is 1.76 bits per heavy atom. The van der Waals surface area contributed by atoms with Gasteiger partial charge in [0.05, 0.1) is 5.69 Å². The second-order valence-electron chi connectivity index (χ2n) is 7.55. The normalized spacial score (nSPS) is 27.0. The van der Waals surface area contributed by atoms with E-state index < -0.39 is 5.82 Å². The predicted molar refractivity (Wildman–Crippen MR) is 95.5 cm³/mol. The Morgan fingerprint density at radius 3 is 2.44 bits per heavy atom. The van der Waals surface area contributed by atoms with Gasteiger partial charge in [0, 0.05) is 24.9 Å². The van der Waals surface area contributed by atoms with Crippen molar-refractivity contribution >= 4 is 17.5 Å². The summed E-state index contributed by atoms with van der Waals surface area (Å²) in [6, 6.07) is 6.21. The predicted octanol–water partition coefficient (Wildman–Crippen LogP) is 3.83. The lowest BCUT2D eigenvalue weighted by atomic mass is 9.80. The minimum Gasteiger partial charge on any atom is -0.342 e. The van der Waals surface area contributed by atoms with Gasteiger partial charge in [-0.25, -0.2) is 4.39 Å². The van der Waals surface area contributed by atoms with Gasteiger partial charge < -0.3 is 10.2 Å². The average molecular weight is 346 g/mol. The average Bonchev–Trinajstić information content (AvgIpc) is 2.63. The van der Waals surface area contributed by atoms with E-state index in [1.807, 2.05) is 4.90 Å². The van der Waals surface area contributed by atoms with Gasteiger partial charge in [-0.15, -0.1) is 0 Å². The number of nitrogens with one attached hydrogen (secondary N) is 1. The van der Waals surface area contributed by atoms with Crippen molar-refractivity contribution < 1.29 is 14.0 Å². The molecule has 0 spiro atoms. The van der Waals surface area contributed by atoms with Crippen LogP contribution in [0.3, 0.4) is 0 Å². The lowest BCUT2D eigenvalue weighted by Crippen LogP contribution is -2.43. The number of halogens is 1. The molecule has 4 nitrogen and oxygen atoms in total. The van der Waals surface area contributed by atoms with Crippen molar-refractivity contribution in [2.45, 2.75) is 45.4 Å². The molecule has 0 radical (unpaired) electrons. The van der Waals surface area contributed by atoms with Gasteiger partial charge in [-0.05, 0) is 56.6 Å². The van der Waals surface area contributed by atoms with Crippen molar-refractivity contribution in [3.8, 4) is 0 Å². The van der Waals surface area contributed by atoms with Crippen LogP contribution in [0.1, 0.15) is 45.4 Å². The number of hydrogen-bond donors (Lipinski definition) is 1. The molecule has 1 atom stereocenters. The highest BCUT2D eigenvalue weighted by Gasteiger charge is 2.33. The molecule has 1 aliphatic heterocycles. The first kappa shape index (κ1) is 17.9. The molecule has 1 saturated carbocycles. The number of piperidine rings is 1.